The minimum Gasteiger partial charge on any atom is -0.322 e. The van der Waals surface area contributed by atoms with E-state index in [1.165, 1.54) is 24.3 Å². The molecule has 1 amide bonds. The van der Waals surface area contributed by atoms with Crippen LogP contribution in [0.25, 0.3) is 6.08 Å². The van der Waals surface area contributed by atoms with Crippen molar-refractivity contribution in [2.45, 2.75) is 6.92 Å². The van der Waals surface area contributed by atoms with E-state index in [4.69, 9.17) is 11.6 Å². The van der Waals surface area contributed by atoms with E-state index in [1.807, 2.05) is 18.2 Å². The van der Waals surface area contributed by atoms with Gasteiger partial charge in [-0.2, -0.15) is 0 Å². The van der Waals surface area contributed by atoms with E-state index < -0.39 is 0 Å². The number of anilines is 1. The number of nitrogens with one attached hydrogen (secondary N) is 1. The quantitative estimate of drug-likeness (QED) is 0.832. The third kappa shape index (κ3) is 3.68. The van der Waals surface area contributed by atoms with Gasteiger partial charge in [-0.25, -0.2) is 4.39 Å². The van der Waals surface area contributed by atoms with Crippen molar-refractivity contribution in [3.05, 3.63) is 70.5 Å². The van der Waals surface area contributed by atoms with Crippen LogP contribution in [0.3, 0.4) is 0 Å². The molecule has 0 atom stereocenters. The first-order valence-electron chi connectivity index (χ1n) is 6.06. The summed E-state index contributed by atoms with van der Waals surface area (Å²) in [5.41, 5.74) is 2.02. The van der Waals surface area contributed by atoms with Crippen LogP contribution in [0, 0.1) is 12.7 Å². The van der Waals surface area contributed by atoms with Crippen LogP contribution in [0.5, 0.6) is 0 Å². The van der Waals surface area contributed by atoms with Gasteiger partial charge in [0.25, 0.3) is 0 Å². The average molecular weight is 290 g/mol. The van der Waals surface area contributed by atoms with Crippen LogP contribution in [0.4, 0.5) is 10.1 Å². The zero-order valence-corrected chi connectivity index (χ0v) is 11.6. The number of carbonyl (C=O) groups is 1. The van der Waals surface area contributed by atoms with Gasteiger partial charge in [0.05, 0.1) is 0 Å². The van der Waals surface area contributed by atoms with Crippen molar-refractivity contribution in [3.8, 4) is 0 Å². The summed E-state index contributed by atoms with van der Waals surface area (Å²) in [5, 5.41) is 3.27. The Balaban J connectivity index is 2.08. The van der Waals surface area contributed by atoms with Crippen molar-refractivity contribution in [1.82, 2.24) is 0 Å². The Morgan fingerprint density at radius 2 is 2.00 bits per heavy atom. The molecular weight excluding hydrogens is 277 g/mol. The predicted molar refractivity (Wildman–Crippen MR) is 80.3 cm³/mol. The maximum absolute atomic E-state index is 13.0. The zero-order valence-electron chi connectivity index (χ0n) is 10.9. The third-order valence-corrected chi connectivity index (χ3v) is 3.11. The normalized spacial score (nSPS) is 10.8. The number of carbonyl (C=O) groups excluding carboxylic acids is 1. The second-order valence-electron chi connectivity index (χ2n) is 4.30. The fourth-order valence-electron chi connectivity index (χ4n) is 1.72. The van der Waals surface area contributed by atoms with Crippen molar-refractivity contribution < 1.29 is 9.18 Å². The van der Waals surface area contributed by atoms with Gasteiger partial charge in [0.15, 0.2) is 0 Å². The smallest absolute Gasteiger partial charge is 0.248 e. The largest absolute Gasteiger partial charge is 0.322 e. The fraction of sp³-hybridized carbons (Fsp3) is 0.0625. The first-order valence-corrected chi connectivity index (χ1v) is 6.44. The Kier molecular flexibility index (Phi) is 4.53. The van der Waals surface area contributed by atoms with Gasteiger partial charge < -0.3 is 5.32 Å². The van der Waals surface area contributed by atoms with Gasteiger partial charge in [0.1, 0.15) is 5.82 Å². The van der Waals surface area contributed by atoms with Gasteiger partial charge in [0.2, 0.25) is 5.91 Å². The number of aryl methyl sites for hydroxylation is 1. The minimum absolute atomic E-state index is 0.292. The Morgan fingerprint density at radius 3 is 2.70 bits per heavy atom. The predicted octanol–water partition coefficient (Wildman–Crippen LogP) is 4.44. The van der Waals surface area contributed by atoms with Crippen molar-refractivity contribution in [2.24, 2.45) is 0 Å². The van der Waals surface area contributed by atoms with E-state index >= 15 is 0 Å². The molecule has 0 aliphatic heterocycles. The van der Waals surface area contributed by atoms with Crippen molar-refractivity contribution >= 4 is 29.3 Å². The highest BCUT2D eigenvalue weighted by Gasteiger charge is 2.03. The zero-order chi connectivity index (χ0) is 14.5. The van der Waals surface area contributed by atoms with Gasteiger partial charge in [0, 0.05) is 16.8 Å². The molecule has 1 N–H and O–H groups in total. The highest BCUT2D eigenvalue weighted by Crippen LogP contribution is 2.17. The number of halogens is 2. The summed E-state index contributed by atoms with van der Waals surface area (Å²) in [4.78, 5) is 11.8. The molecule has 0 radical (unpaired) electrons. The Bertz CT molecular complexity index is 667. The molecule has 0 aromatic heterocycles. The Hall–Kier alpha value is -2.13. The third-order valence-electron chi connectivity index (χ3n) is 2.77. The summed E-state index contributed by atoms with van der Waals surface area (Å²) >= 11 is 5.99. The molecule has 2 aromatic carbocycles. The van der Waals surface area contributed by atoms with Crippen LogP contribution >= 0.6 is 11.6 Å². The van der Waals surface area contributed by atoms with Crippen molar-refractivity contribution in [1.29, 1.82) is 0 Å². The first-order chi connectivity index (χ1) is 9.56. The van der Waals surface area contributed by atoms with E-state index in [-0.39, 0.29) is 11.7 Å². The molecule has 102 valence electrons. The summed E-state index contributed by atoms with van der Waals surface area (Å²) in [7, 11) is 0. The lowest BCUT2D eigenvalue weighted by Gasteiger charge is -2.06. The van der Waals surface area contributed by atoms with E-state index in [0.29, 0.717) is 16.3 Å². The minimum atomic E-state index is -0.327. The lowest BCUT2D eigenvalue weighted by atomic mass is 10.2. The fourth-order valence-corrected chi connectivity index (χ4v) is 1.92. The van der Waals surface area contributed by atoms with Crippen LogP contribution in [-0.4, -0.2) is 5.91 Å². The molecule has 20 heavy (non-hydrogen) atoms. The van der Waals surface area contributed by atoms with Crippen molar-refractivity contribution in [3.63, 3.8) is 0 Å². The standard InChI is InChI=1S/C16H13ClFNO/c1-11-10-13(18)7-8-15(11)19-16(20)9-6-12-4-2-3-5-14(12)17/h2-10H,1H3,(H,19,20)/b9-6+. The summed E-state index contributed by atoms with van der Waals surface area (Å²) in [5.74, 6) is -0.619. The molecule has 0 saturated carbocycles. The molecule has 0 aliphatic carbocycles. The lowest BCUT2D eigenvalue weighted by molar-refractivity contribution is -0.111. The van der Waals surface area contributed by atoms with Crippen LogP contribution < -0.4 is 5.32 Å². The number of benzene rings is 2. The van der Waals surface area contributed by atoms with Gasteiger partial charge in [-0.3, -0.25) is 4.79 Å². The molecule has 0 saturated heterocycles. The maximum Gasteiger partial charge on any atom is 0.248 e. The van der Waals surface area contributed by atoms with Crippen LogP contribution in [0.2, 0.25) is 5.02 Å². The number of hydrogen-bond donors (Lipinski definition) is 1. The number of amides is 1. The molecule has 0 fully saturated rings. The molecule has 0 spiro atoms. The number of hydrogen-bond acceptors (Lipinski definition) is 1. The molecule has 4 heteroatoms. The molecule has 0 aliphatic rings. The van der Waals surface area contributed by atoms with Gasteiger partial charge in [-0.15, -0.1) is 0 Å². The molecule has 0 unspecified atom stereocenters. The SMILES string of the molecule is Cc1cc(F)ccc1NC(=O)/C=C/c1ccccc1Cl. The molecular formula is C16H13ClFNO. The second-order valence-corrected chi connectivity index (χ2v) is 4.71. The van der Waals surface area contributed by atoms with Gasteiger partial charge in [-0.1, -0.05) is 29.8 Å². The van der Waals surface area contributed by atoms with E-state index in [0.717, 1.165) is 5.56 Å². The first kappa shape index (κ1) is 14.3. The van der Waals surface area contributed by atoms with Crippen LogP contribution in [0.15, 0.2) is 48.5 Å². The topological polar surface area (TPSA) is 29.1 Å². The average Bonchev–Trinajstić information content (AvgIpc) is 2.41. The maximum atomic E-state index is 13.0. The van der Waals surface area contributed by atoms with Gasteiger partial charge >= 0.3 is 0 Å². The van der Waals surface area contributed by atoms with Crippen LogP contribution in [0.1, 0.15) is 11.1 Å². The van der Waals surface area contributed by atoms with E-state index in [9.17, 15) is 9.18 Å². The number of rotatable bonds is 3. The highest BCUT2D eigenvalue weighted by atomic mass is 35.5. The summed E-state index contributed by atoms with van der Waals surface area (Å²) in [6.45, 7) is 1.73. The Labute approximate surface area is 121 Å². The molecule has 2 nitrogen and oxygen atoms in total. The summed E-state index contributed by atoms with van der Waals surface area (Å²) in [6, 6.07) is 11.4. The lowest BCUT2D eigenvalue weighted by Crippen LogP contribution is -2.09. The monoisotopic (exact) mass is 289 g/mol. The summed E-state index contributed by atoms with van der Waals surface area (Å²) < 4.78 is 13.0. The molecule has 2 rings (SSSR count). The Morgan fingerprint density at radius 1 is 1.25 bits per heavy atom. The molecule has 0 heterocycles. The van der Waals surface area contributed by atoms with Crippen LogP contribution in [-0.2, 0) is 4.79 Å². The van der Waals surface area contributed by atoms with E-state index in [2.05, 4.69) is 5.32 Å². The molecule has 2 aromatic rings. The highest BCUT2D eigenvalue weighted by molar-refractivity contribution is 6.32. The summed E-state index contributed by atoms with van der Waals surface area (Å²) in [6.07, 6.45) is 3.03. The molecule has 0 bridgehead atoms. The second kappa shape index (κ2) is 6.35. The van der Waals surface area contributed by atoms with E-state index in [1.54, 1.807) is 19.1 Å². The van der Waals surface area contributed by atoms with Gasteiger partial charge in [-0.05, 0) is 48.4 Å². The van der Waals surface area contributed by atoms with Crippen molar-refractivity contribution in [2.75, 3.05) is 5.32 Å².